The molecule has 1 heterocycles. The van der Waals surface area contributed by atoms with Crippen LogP contribution < -0.4 is 10.1 Å². The summed E-state index contributed by atoms with van der Waals surface area (Å²) >= 11 is 6.95. The summed E-state index contributed by atoms with van der Waals surface area (Å²) in [5, 5.41) is 3.74. The molecule has 1 N–H and O–H groups in total. The molecule has 3 aromatic rings. The van der Waals surface area contributed by atoms with Crippen molar-refractivity contribution in [3.8, 4) is 5.75 Å². The molecule has 0 aliphatic rings. The number of alkyl halides is 3. The number of carbonyl (C=O) groups is 1. The normalized spacial score (nSPS) is 12.5. The molecule has 164 valence electrons. The molecule has 1 unspecified atom stereocenters. The first-order valence-corrected chi connectivity index (χ1v) is 10.3. The number of rotatable bonds is 6. The highest BCUT2D eigenvalue weighted by Crippen LogP contribution is 2.31. The summed E-state index contributed by atoms with van der Waals surface area (Å²) < 4.78 is 57.9. The summed E-state index contributed by atoms with van der Waals surface area (Å²) in [6.07, 6.45) is -4.64. The lowest BCUT2D eigenvalue weighted by atomic mass is 10.0. The third-order valence-electron chi connectivity index (χ3n) is 4.36. The molecule has 0 aliphatic carbocycles. The van der Waals surface area contributed by atoms with E-state index in [-0.39, 0.29) is 12.2 Å². The molecule has 1 amide bonds. The van der Waals surface area contributed by atoms with E-state index in [1.165, 1.54) is 6.92 Å². The van der Waals surface area contributed by atoms with Crippen molar-refractivity contribution in [3.63, 3.8) is 0 Å². The highest BCUT2D eigenvalue weighted by Gasteiger charge is 2.31. The van der Waals surface area contributed by atoms with E-state index in [1.807, 2.05) is 0 Å². The summed E-state index contributed by atoms with van der Waals surface area (Å²) in [6.45, 7) is 3.29. The summed E-state index contributed by atoms with van der Waals surface area (Å²) in [4.78, 5) is 17.2. The predicted octanol–water partition coefficient (Wildman–Crippen LogP) is 6.33. The van der Waals surface area contributed by atoms with Gasteiger partial charge in [-0.15, -0.1) is 11.3 Å². The molecule has 0 aliphatic heterocycles. The highest BCUT2D eigenvalue weighted by molar-refractivity contribution is 7.13. The molecule has 4 nitrogen and oxygen atoms in total. The van der Waals surface area contributed by atoms with E-state index in [9.17, 15) is 22.4 Å². The molecule has 0 radical (unpaired) electrons. The van der Waals surface area contributed by atoms with Gasteiger partial charge in [0.25, 0.3) is 5.91 Å². The van der Waals surface area contributed by atoms with Crippen molar-refractivity contribution in [2.24, 2.45) is 0 Å². The smallest absolute Gasteiger partial charge is 0.416 e. The van der Waals surface area contributed by atoms with Crippen molar-refractivity contribution in [1.82, 2.24) is 10.3 Å². The van der Waals surface area contributed by atoms with Gasteiger partial charge in [0, 0.05) is 10.6 Å². The summed E-state index contributed by atoms with van der Waals surface area (Å²) in [5.74, 6) is -0.949. The molecule has 3 rings (SSSR count). The number of hydrogen-bond donors (Lipinski definition) is 1. The summed E-state index contributed by atoms with van der Waals surface area (Å²) in [6, 6.07) is 8.16. The molecule has 0 saturated carbocycles. The first-order valence-electron chi connectivity index (χ1n) is 9.06. The topological polar surface area (TPSA) is 51.2 Å². The third kappa shape index (κ3) is 5.74. The van der Waals surface area contributed by atoms with Gasteiger partial charge in [-0.05, 0) is 50.2 Å². The molecule has 1 aromatic heterocycles. The molecule has 2 aromatic carbocycles. The number of aromatic nitrogens is 1. The van der Waals surface area contributed by atoms with Crippen LogP contribution in [0.15, 0.2) is 42.5 Å². The molecule has 0 spiro atoms. The SMILES string of the molecule is Cc1nc(COc2ccc(Cl)cc2)sc1C(=O)NC(C)c1ccc(C(F)(F)F)cc1F. The number of hydrogen-bond acceptors (Lipinski definition) is 4. The van der Waals surface area contributed by atoms with Crippen LogP contribution in [0.5, 0.6) is 5.75 Å². The maximum atomic E-state index is 14.2. The lowest BCUT2D eigenvalue weighted by molar-refractivity contribution is -0.137. The zero-order chi connectivity index (χ0) is 22.8. The second-order valence-corrected chi connectivity index (χ2v) is 8.21. The van der Waals surface area contributed by atoms with Crippen LogP contribution in [0.1, 0.15) is 44.5 Å². The Morgan fingerprint density at radius 3 is 2.52 bits per heavy atom. The fourth-order valence-electron chi connectivity index (χ4n) is 2.80. The fraction of sp³-hybridized carbons (Fsp3) is 0.238. The number of halogens is 5. The van der Waals surface area contributed by atoms with Crippen molar-refractivity contribution in [1.29, 1.82) is 0 Å². The van der Waals surface area contributed by atoms with Crippen molar-refractivity contribution < 1.29 is 27.1 Å². The van der Waals surface area contributed by atoms with Crippen LogP contribution in [0.4, 0.5) is 17.6 Å². The van der Waals surface area contributed by atoms with Crippen LogP contribution in [0.25, 0.3) is 0 Å². The number of carbonyl (C=O) groups excluding carboxylic acids is 1. The van der Waals surface area contributed by atoms with Crippen molar-refractivity contribution in [2.45, 2.75) is 32.7 Å². The molecule has 1 atom stereocenters. The number of amides is 1. The number of nitrogens with zero attached hydrogens (tertiary/aromatic N) is 1. The first-order chi connectivity index (χ1) is 14.5. The quantitative estimate of drug-likeness (QED) is 0.426. The Kier molecular flexibility index (Phi) is 6.86. The predicted molar refractivity (Wildman–Crippen MR) is 110 cm³/mol. The molecule has 0 fully saturated rings. The van der Waals surface area contributed by atoms with E-state index >= 15 is 0 Å². The number of aryl methyl sites for hydroxylation is 1. The maximum absolute atomic E-state index is 14.2. The maximum Gasteiger partial charge on any atom is 0.416 e. The van der Waals surface area contributed by atoms with Crippen molar-refractivity contribution in [3.05, 3.63) is 80.0 Å². The Labute approximate surface area is 184 Å². The average molecular weight is 473 g/mol. The van der Waals surface area contributed by atoms with Crippen LogP contribution in [-0.4, -0.2) is 10.9 Å². The van der Waals surface area contributed by atoms with Gasteiger partial charge in [0.2, 0.25) is 0 Å². The van der Waals surface area contributed by atoms with Gasteiger partial charge < -0.3 is 10.1 Å². The Morgan fingerprint density at radius 1 is 1.23 bits per heavy atom. The third-order valence-corrected chi connectivity index (χ3v) is 5.75. The second kappa shape index (κ2) is 9.23. The standard InChI is InChI=1S/C21H17ClF4N2O2S/c1-11(16-8-3-13(9-17(16)23)21(24,25)26)28-20(29)19-12(2)27-18(31-19)10-30-15-6-4-14(22)5-7-15/h3-9,11H,10H2,1-2H3,(H,28,29). The molecule has 31 heavy (non-hydrogen) atoms. The van der Waals surface area contributed by atoms with E-state index in [0.29, 0.717) is 32.4 Å². The molecule has 0 saturated heterocycles. The molecular weight excluding hydrogens is 456 g/mol. The zero-order valence-corrected chi connectivity index (χ0v) is 18.0. The van der Waals surface area contributed by atoms with Gasteiger partial charge in [-0.2, -0.15) is 13.2 Å². The van der Waals surface area contributed by atoms with Crippen LogP contribution in [0.2, 0.25) is 5.02 Å². The minimum Gasteiger partial charge on any atom is -0.486 e. The van der Waals surface area contributed by atoms with Crippen LogP contribution in [0, 0.1) is 12.7 Å². The van der Waals surface area contributed by atoms with E-state index in [2.05, 4.69) is 10.3 Å². The Morgan fingerprint density at radius 2 is 1.90 bits per heavy atom. The number of nitrogens with one attached hydrogen (secondary N) is 1. The van der Waals surface area contributed by atoms with Gasteiger partial charge in [0.1, 0.15) is 28.1 Å². The van der Waals surface area contributed by atoms with E-state index in [4.69, 9.17) is 16.3 Å². The minimum atomic E-state index is -4.64. The minimum absolute atomic E-state index is 0.0465. The van der Waals surface area contributed by atoms with Gasteiger partial charge in [-0.3, -0.25) is 4.79 Å². The lowest BCUT2D eigenvalue weighted by Gasteiger charge is -2.16. The summed E-state index contributed by atoms with van der Waals surface area (Å²) in [5.41, 5.74) is -0.664. The summed E-state index contributed by atoms with van der Waals surface area (Å²) in [7, 11) is 0. The Hall–Kier alpha value is -2.65. The van der Waals surface area contributed by atoms with Gasteiger partial charge in [0.05, 0.1) is 17.3 Å². The Balaban J connectivity index is 1.67. The molecule has 0 bridgehead atoms. The molecule has 10 heteroatoms. The number of benzene rings is 2. The monoisotopic (exact) mass is 472 g/mol. The number of thiazole rings is 1. The van der Waals surface area contributed by atoms with Gasteiger partial charge in [-0.25, -0.2) is 9.37 Å². The van der Waals surface area contributed by atoms with Crippen LogP contribution >= 0.6 is 22.9 Å². The largest absolute Gasteiger partial charge is 0.486 e. The van der Waals surface area contributed by atoms with E-state index in [0.717, 1.165) is 23.5 Å². The van der Waals surface area contributed by atoms with Crippen LogP contribution in [-0.2, 0) is 12.8 Å². The number of ether oxygens (including phenoxy) is 1. The second-order valence-electron chi connectivity index (χ2n) is 6.69. The van der Waals surface area contributed by atoms with E-state index in [1.54, 1.807) is 31.2 Å². The lowest BCUT2D eigenvalue weighted by Crippen LogP contribution is -2.27. The van der Waals surface area contributed by atoms with Crippen molar-refractivity contribution >= 4 is 28.8 Å². The highest BCUT2D eigenvalue weighted by atomic mass is 35.5. The van der Waals surface area contributed by atoms with Crippen LogP contribution in [0.3, 0.4) is 0 Å². The van der Waals surface area contributed by atoms with Gasteiger partial charge in [0.15, 0.2) is 0 Å². The first kappa shape index (κ1) is 23.0. The fourth-order valence-corrected chi connectivity index (χ4v) is 3.80. The Bertz CT molecular complexity index is 1080. The van der Waals surface area contributed by atoms with E-state index < -0.39 is 29.5 Å². The molecular formula is C21H17ClF4N2O2S. The van der Waals surface area contributed by atoms with Crippen molar-refractivity contribution in [2.75, 3.05) is 0 Å². The van der Waals surface area contributed by atoms with Gasteiger partial charge in [-0.1, -0.05) is 17.7 Å². The average Bonchev–Trinajstić information content (AvgIpc) is 3.07. The zero-order valence-electron chi connectivity index (χ0n) is 16.4. The van der Waals surface area contributed by atoms with Gasteiger partial charge >= 0.3 is 6.18 Å².